The van der Waals surface area contributed by atoms with E-state index in [-0.39, 0.29) is 11.9 Å². The zero-order valence-electron chi connectivity index (χ0n) is 16.2. The Morgan fingerprint density at radius 1 is 1.41 bits per heavy atom. The maximum absolute atomic E-state index is 13.1. The molecule has 4 rings (SSSR count). The second-order valence-electron chi connectivity index (χ2n) is 6.96. The largest absolute Gasteiger partial charge is 0.492 e. The molecule has 9 heteroatoms. The molecule has 1 atom stereocenters. The van der Waals surface area contributed by atoms with Gasteiger partial charge in [-0.05, 0) is 31.9 Å². The van der Waals surface area contributed by atoms with E-state index in [1.165, 1.54) is 11.3 Å². The number of hydrogen-bond acceptors (Lipinski definition) is 8. The highest BCUT2D eigenvalue weighted by molar-refractivity contribution is 7.23. The van der Waals surface area contributed by atoms with Gasteiger partial charge in [0, 0.05) is 31.5 Å². The Balaban J connectivity index is 1.66. The van der Waals surface area contributed by atoms with Crippen molar-refractivity contribution in [3.63, 3.8) is 0 Å². The molecule has 1 aliphatic rings. The third-order valence-corrected chi connectivity index (χ3v) is 5.96. The molecule has 4 heterocycles. The quantitative estimate of drug-likeness (QED) is 0.589. The van der Waals surface area contributed by atoms with Gasteiger partial charge in [-0.2, -0.15) is 0 Å². The average molecular weight is 413 g/mol. The Bertz CT molecular complexity index is 1040. The van der Waals surface area contributed by atoms with Crippen LogP contribution in [0.25, 0.3) is 10.2 Å². The Labute approximate surface area is 172 Å². The molecule has 1 saturated heterocycles. The maximum atomic E-state index is 13.1. The molecule has 0 aromatic carbocycles. The van der Waals surface area contributed by atoms with Crippen LogP contribution in [0.4, 0.5) is 16.4 Å². The number of piperidine rings is 1. The third-order valence-electron chi connectivity index (χ3n) is 4.94. The summed E-state index contributed by atoms with van der Waals surface area (Å²) in [5.74, 6) is 0.364. The second-order valence-corrected chi connectivity index (χ2v) is 8.01. The van der Waals surface area contributed by atoms with Crippen molar-refractivity contribution < 1.29 is 9.53 Å². The summed E-state index contributed by atoms with van der Waals surface area (Å²) in [6.45, 7) is 4.07. The number of pyridine rings is 2. The minimum atomic E-state index is -0.314. The molecule has 1 amide bonds. The lowest BCUT2D eigenvalue weighted by Crippen LogP contribution is -2.43. The number of amides is 1. The molecular weight excluding hydrogens is 388 g/mol. The smallest absolute Gasteiger partial charge is 0.260 e. The Hall–Kier alpha value is -2.91. The summed E-state index contributed by atoms with van der Waals surface area (Å²) in [6.07, 6.45) is 7.02. The molecule has 29 heavy (non-hydrogen) atoms. The molecule has 0 unspecified atom stereocenters. The van der Waals surface area contributed by atoms with E-state index in [0.29, 0.717) is 34.1 Å². The van der Waals surface area contributed by atoms with Crippen molar-refractivity contribution >= 4 is 43.8 Å². The van der Waals surface area contributed by atoms with Crippen LogP contribution in [0.5, 0.6) is 5.75 Å². The van der Waals surface area contributed by atoms with Gasteiger partial charge in [0.2, 0.25) is 0 Å². The van der Waals surface area contributed by atoms with E-state index in [9.17, 15) is 4.79 Å². The standard InChI is InChI=1S/C20H24N6O2S/c1-2-28-15-6-8-24-17-16(19(22)29-18(15)17)20(27)25-13-10-23-7-5-14(13)26-9-3-4-12(21)11-26/h5-8,10,12H,2-4,9,11,21-22H2,1H3,(H,25,27)/t12-/m1/s1. The fourth-order valence-electron chi connectivity index (χ4n) is 3.65. The van der Waals surface area contributed by atoms with E-state index in [1.54, 1.807) is 24.7 Å². The fourth-order valence-corrected chi connectivity index (χ4v) is 4.64. The molecule has 8 nitrogen and oxygen atoms in total. The lowest BCUT2D eigenvalue weighted by Gasteiger charge is -2.33. The summed E-state index contributed by atoms with van der Waals surface area (Å²) >= 11 is 1.30. The highest BCUT2D eigenvalue weighted by Gasteiger charge is 2.24. The van der Waals surface area contributed by atoms with E-state index >= 15 is 0 Å². The number of carbonyl (C=O) groups is 1. The summed E-state index contributed by atoms with van der Waals surface area (Å²) in [7, 11) is 0. The number of nitrogens with two attached hydrogens (primary N) is 2. The first-order valence-electron chi connectivity index (χ1n) is 9.64. The first kappa shape index (κ1) is 19.4. The van der Waals surface area contributed by atoms with Crippen molar-refractivity contribution in [2.45, 2.75) is 25.8 Å². The van der Waals surface area contributed by atoms with Crippen molar-refractivity contribution in [1.29, 1.82) is 0 Å². The summed E-state index contributed by atoms with van der Waals surface area (Å²) in [5, 5.41) is 3.38. The van der Waals surface area contributed by atoms with E-state index < -0.39 is 0 Å². The third kappa shape index (κ3) is 3.83. The van der Waals surface area contributed by atoms with Gasteiger partial charge in [-0.3, -0.25) is 14.8 Å². The number of anilines is 3. The van der Waals surface area contributed by atoms with Crippen LogP contribution in [0.2, 0.25) is 0 Å². The van der Waals surface area contributed by atoms with Crippen molar-refractivity contribution in [2.75, 3.05) is 35.6 Å². The lowest BCUT2D eigenvalue weighted by molar-refractivity contribution is 0.102. The van der Waals surface area contributed by atoms with Crippen LogP contribution in [-0.2, 0) is 0 Å². The van der Waals surface area contributed by atoms with Crippen molar-refractivity contribution in [1.82, 2.24) is 9.97 Å². The highest BCUT2D eigenvalue weighted by atomic mass is 32.1. The number of carbonyl (C=O) groups excluding carboxylic acids is 1. The number of ether oxygens (including phenoxy) is 1. The van der Waals surface area contributed by atoms with Crippen LogP contribution in [0.1, 0.15) is 30.1 Å². The summed E-state index contributed by atoms with van der Waals surface area (Å²) in [5.41, 5.74) is 14.8. The number of nitrogen functional groups attached to an aromatic ring is 1. The Kier molecular flexibility index (Phi) is 5.50. The number of fused-ring (bicyclic) bond motifs is 1. The Morgan fingerprint density at radius 2 is 2.28 bits per heavy atom. The van der Waals surface area contributed by atoms with E-state index in [0.717, 1.165) is 36.3 Å². The van der Waals surface area contributed by atoms with E-state index in [1.807, 2.05) is 13.0 Å². The van der Waals surface area contributed by atoms with Gasteiger partial charge in [0.05, 0.1) is 34.4 Å². The molecular formula is C20H24N6O2S. The van der Waals surface area contributed by atoms with Crippen molar-refractivity contribution in [3.05, 3.63) is 36.3 Å². The number of nitrogens with zero attached hydrogens (tertiary/aromatic N) is 3. The molecule has 0 bridgehead atoms. The molecule has 1 fully saturated rings. The van der Waals surface area contributed by atoms with E-state index in [4.69, 9.17) is 16.2 Å². The molecule has 3 aromatic rings. The summed E-state index contributed by atoms with van der Waals surface area (Å²) < 4.78 is 6.42. The number of rotatable bonds is 5. The summed E-state index contributed by atoms with van der Waals surface area (Å²) in [6, 6.07) is 3.80. The topological polar surface area (TPSA) is 119 Å². The van der Waals surface area contributed by atoms with Gasteiger partial charge < -0.3 is 26.4 Å². The maximum Gasteiger partial charge on any atom is 0.260 e. The molecule has 0 radical (unpaired) electrons. The molecule has 0 aliphatic carbocycles. The number of hydrogen-bond donors (Lipinski definition) is 3. The van der Waals surface area contributed by atoms with Gasteiger partial charge in [0.15, 0.2) is 0 Å². The van der Waals surface area contributed by atoms with Crippen LogP contribution in [-0.4, -0.2) is 41.6 Å². The van der Waals surface area contributed by atoms with Crippen LogP contribution in [0.15, 0.2) is 30.7 Å². The molecule has 3 aromatic heterocycles. The predicted octanol–water partition coefficient (Wildman–Crippen LogP) is 2.85. The van der Waals surface area contributed by atoms with Gasteiger partial charge in [-0.1, -0.05) is 0 Å². The molecule has 0 saturated carbocycles. The van der Waals surface area contributed by atoms with Gasteiger partial charge >= 0.3 is 0 Å². The monoisotopic (exact) mass is 412 g/mol. The normalized spacial score (nSPS) is 16.8. The first-order valence-corrected chi connectivity index (χ1v) is 10.5. The minimum Gasteiger partial charge on any atom is -0.492 e. The van der Waals surface area contributed by atoms with Crippen LogP contribution < -0.4 is 26.4 Å². The van der Waals surface area contributed by atoms with Gasteiger partial charge in [0.1, 0.15) is 16.3 Å². The average Bonchev–Trinajstić information content (AvgIpc) is 3.05. The zero-order chi connectivity index (χ0) is 20.4. The molecule has 0 spiro atoms. The van der Waals surface area contributed by atoms with Crippen LogP contribution in [0.3, 0.4) is 0 Å². The molecule has 152 valence electrons. The predicted molar refractivity (Wildman–Crippen MR) is 117 cm³/mol. The van der Waals surface area contributed by atoms with Gasteiger partial charge in [0.25, 0.3) is 5.91 Å². The summed E-state index contributed by atoms with van der Waals surface area (Å²) in [4.78, 5) is 23.9. The highest BCUT2D eigenvalue weighted by Crippen LogP contribution is 2.38. The van der Waals surface area contributed by atoms with Crippen LogP contribution in [0, 0.1) is 0 Å². The number of thiophene rings is 1. The molecule has 5 N–H and O–H groups in total. The molecule has 1 aliphatic heterocycles. The number of aromatic nitrogens is 2. The second kappa shape index (κ2) is 8.22. The van der Waals surface area contributed by atoms with Gasteiger partial charge in [-0.25, -0.2) is 0 Å². The van der Waals surface area contributed by atoms with E-state index in [2.05, 4.69) is 20.2 Å². The Morgan fingerprint density at radius 3 is 3.07 bits per heavy atom. The van der Waals surface area contributed by atoms with Crippen molar-refractivity contribution in [2.24, 2.45) is 5.73 Å². The fraction of sp³-hybridized carbons (Fsp3) is 0.350. The SMILES string of the molecule is CCOc1ccnc2c(C(=O)Nc3cnccc3N3CCC[C@@H](N)C3)c(N)sc12. The minimum absolute atomic E-state index is 0.123. The number of nitrogens with one attached hydrogen (secondary N) is 1. The van der Waals surface area contributed by atoms with Crippen LogP contribution >= 0.6 is 11.3 Å². The zero-order valence-corrected chi connectivity index (χ0v) is 17.0. The first-order chi connectivity index (χ1) is 14.1. The lowest BCUT2D eigenvalue weighted by atomic mass is 10.1. The van der Waals surface area contributed by atoms with Gasteiger partial charge in [-0.15, -0.1) is 11.3 Å². The van der Waals surface area contributed by atoms with Crippen molar-refractivity contribution in [3.8, 4) is 5.75 Å².